The zero-order chi connectivity index (χ0) is 20.4. The van der Waals surface area contributed by atoms with Crippen molar-refractivity contribution in [2.75, 3.05) is 13.2 Å². The zero-order valence-corrected chi connectivity index (χ0v) is 16.1. The molecule has 1 aromatic heterocycles. The lowest BCUT2D eigenvalue weighted by atomic mass is 10.1. The van der Waals surface area contributed by atoms with Crippen LogP contribution in [0.3, 0.4) is 0 Å². The maximum atomic E-state index is 12.1. The van der Waals surface area contributed by atoms with Crippen molar-refractivity contribution in [3.05, 3.63) is 40.7 Å². The van der Waals surface area contributed by atoms with Crippen molar-refractivity contribution < 1.29 is 19.5 Å². The zero-order valence-electron chi connectivity index (χ0n) is 15.4. The van der Waals surface area contributed by atoms with Crippen molar-refractivity contribution in [3.8, 4) is 0 Å². The van der Waals surface area contributed by atoms with Crippen molar-refractivity contribution in [2.45, 2.75) is 38.3 Å². The lowest BCUT2D eigenvalue weighted by Crippen LogP contribution is -2.31. The fourth-order valence-electron chi connectivity index (χ4n) is 2.56. The van der Waals surface area contributed by atoms with E-state index in [1.165, 1.54) is 4.68 Å². The van der Waals surface area contributed by atoms with Crippen molar-refractivity contribution >= 4 is 24.8 Å². The molecule has 1 amide bonds. The summed E-state index contributed by atoms with van der Waals surface area (Å²) in [6, 6.07) is 7.02. The number of aromatic nitrogens is 4. The molecule has 28 heavy (non-hydrogen) atoms. The third-order valence-electron chi connectivity index (χ3n) is 4.01. The summed E-state index contributed by atoms with van der Waals surface area (Å²) >= 11 is 5.85. The molecule has 0 bridgehead atoms. The Balaban J connectivity index is 1.72. The lowest BCUT2D eigenvalue weighted by Gasteiger charge is -2.12. The number of rotatable bonds is 12. The Morgan fingerprint density at radius 1 is 1.32 bits per heavy atom. The minimum Gasteiger partial charge on any atom is -0.402 e. The Morgan fingerprint density at radius 3 is 2.79 bits per heavy atom. The Labute approximate surface area is 168 Å². The third-order valence-corrected chi connectivity index (χ3v) is 4.26. The Hall–Kier alpha value is -2.05. The summed E-state index contributed by atoms with van der Waals surface area (Å²) in [6.07, 6.45) is 2.56. The van der Waals surface area contributed by atoms with E-state index < -0.39 is 13.4 Å². The number of hydrogen-bond acceptors (Lipinski definition) is 8. The summed E-state index contributed by atoms with van der Waals surface area (Å²) in [5.41, 5.74) is 7.18. The van der Waals surface area contributed by atoms with Gasteiger partial charge < -0.3 is 25.8 Å². The second-order valence-corrected chi connectivity index (χ2v) is 6.66. The number of nitrogens with zero attached hydrogens (tertiary/aromatic N) is 4. The maximum absolute atomic E-state index is 12.1. The van der Waals surface area contributed by atoms with Crippen molar-refractivity contribution in [2.24, 2.45) is 5.73 Å². The van der Waals surface area contributed by atoms with Gasteiger partial charge in [0.15, 0.2) is 5.82 Å². The van der Waals surface area contributed by atoms with E-state index in [9.17, 15) is 4.79 Å². The fourth-order valence-corrected chi connectivity index (χ4v) is 2.69. The number of tetrazole rings is 1. The molecule has 1 aromatic carbocycles. The standard InChI is InChI=1S/C16H24BClN6O4/c18-13-6-4-12(5-7-13)8-9-20-15(25)11-24-16(21-22-23-24)14(19)3-1-2-10-28-17(26)27/h4-7,14,26-27H,1-3,8-11,19H2,(H,20,25). The summed E-state index contributed by atoms with van der Waals surface area (Å²) in [4.78, 5) is 12.1. The molecule has 0 aliphatic rings. The highest BCUT2D eigenvalue weighted by Gasteiger charge is 2.17. The summed E-state index contributed by atoms with van der Waals surface area (Å²) in [7, 11) is -1.76. The summed E-state index contributed by atoms with van der Waals surface area (Å²) in [5, 5.41) is 32.0. The van der Waals surface area contributed by atoms with Crippen LogP contribution in [0.25, 0.3) is 0 Å². The number of unbranched alkanes of at least 4 members (excludes halogenated alkanes) is 1. The van der Waals surface area contributed by atoms with Crippen LogP contribution in [0.4, 0.5) is 0 Å². The van der Waals surface area contributed by atoms with Crippen LogP contribution in [-0.2, 0) is 22.4 Å². The van der Waals surface area contributed by atoms with E-state index in [2.05, 4.69) is 25.5 Å². The molecule has 0 fully saturated rings. The van der Waals surface area contributed by atoms with E-state index in [1.54, 1.807) is 0 Å². The van der Waals surface area contributed by atoms with Gasteiger partial charge in [0.1, 0.15) is 6.54 Å². The number of nitrogens with one attached hydrogen (secondary N) is 1. The van der Waals surface area contributed by atoms with E-state index >= 15 is 0 Å². The molecule has 1 atom stereocenters. The van der Waals surface area contributed by atoms with Gasteiger partial charge >= 0.3 is 7.32 Å². The highest BCUT2D eigenvalue weighted by molar-refractivity contribution is 6.32. The fraction of sp³-hybridized carbons (Fsp3) is 0.500. The van der Waals surface area contributed by atoms with Gasteiger partial charge in [-0.2, -0.15) is 0 Å². The first-order valence-corrected chi connectivity index (χ1v) is 9.34. The summed E-state index contributed by atoms with van der Waals surface area (Å²) in [5.74, 6) is 0.219. The van der Waals surface area contributed by atoms with Crippen LogP contribution in [-0.4, -0.2) is 56.6 Å². The molecule has 0 aliphatic heterocycles. The van der Waals surface area contributed by atoms with Gasteiger partial charge in [-0.05, 0) is 53.8 Å². The molecular weight excluding hydrogens is 386 g/mol. The first-order valence-electron chi connectivity index (χ1n) is 8.96. The highest BCUT2D eigenvalue weighted by atomic mass is 35.5. The van der Waals surface area contributed by atoms with E-state index in [0.717, 1.165) is 5.56 Å². The minimum absolute atomic E-state index is 0.0174. The van der Waals surface area contributed by atoms with E-state index in [-0.39, 0.29) is 19.1 Å². The number of halogens is 1. The van der Waals surface area contributed by atoms with E-state index in [0.29, 0.717) is 43.1 Å². The first-order chi connectivity index (χ1) is 13.5. The third kappa shape index (κ3) is 7.91. The van der Waals surface area contributed by atoms with Crippen LogP contribution >= 0.6 is 11.6 Å². The molecule has 152 valence electrons. The second kappa shape index (κ2) is 11.7. The molecule has 5 N–H and O–H groups in total. The molecule has 0 radical (unpaired) electrons. The average Bonchev–Trinajstić information content (AvgIpc) is 3.11. The van der Waals surface area contributed by atoms with Gasteiger partial charge in [0.05, 0.1) is 6.04 Å². The van der Waals surface area contributed by atoms with Gasteiger partial charge in [0.25, 0.3) is 0 Å². The van der Waals surface area contributed by atoms with Crippen LogP contribution < -0.4 is 11.1 Å². The van der Waals surface area contributed by atoms with Crippen LogP contribution in [0.15, 0.2) is 24.3 Å². The molecule has 10 nitrogen and oxygen atoms in total. The van der Waals surface area contributed by atoms with Gasteiger partial charge in [-0.1, -0.05) is 23.7 Å². The van der Waals surface area contributed by atoms with Gasteiger partial charge in [-0.25, -0.2) is 4.68 Å². The second-order valence-electron chi connectivity index (χ2n) is 6.22. The number of hydrogen-bond donors (Lipinski definition) is 4. The average molecular weight is 411 g/mol. The number of carbonyl (C=O) groups is 1. The molecule has 1 unspecified atom stereocenters. The summed E-state index contributed by atoms with van der Waals surface area (Å²) < 4.78 is 6.02. The number of nitrogens with two attached hydrogens (primary N) is 1. The number of carbonyl (C=O) groups excluding carboxylic acids is 1. The molecule has 1 heterocycles. The number of amides is 1. The van der Waals surface area contributed by atoms with Gasteiger partial charge in [-0.15, -0.1) is 5.10 Å². The largest absolute Gasteiger partial charge is 0.633 e. The predicted octanol–water partition coefficient (Wildman–Crippen LogP) is -0.158. The van der Waals surface area contributed by atoms with Crippen molar-refractivity contribution in [1.29, 1.82) is 0 Å². The van der Waals surface area contributed by atoms with Gasteiger partial charge in [-0.3, -0.25) is 4.79 Å². The van der Waals surface area contributed by atoms with Crippen LogP contribution in [0.5, 0.6) is 0 Å². The van der Waals surface area contributed by atoms with Gasteiger partial charge in [0, 0.05) is 18.2 Å². The topological polar surface area (TPSA) is 148 Å². The number of benzene rings is 1. The quantitative estimate of drug-likeness (QED) is 0.279. The van der Waals surface area contributed by atoms with E-state index in [1.807, 2.05) is 24.3 Å². The van der Waals surface area contributed by atoms with Crippen LogP contribution in [0.1, 0.15) is 36.7 Å². The monoisotopic (exact) mass is 410 g/mol. The smallest absolute Gasteiger partial charge is 0.402 e. The highest BCUT2D eigenvalue weighted by Crippen LogP contribution is 2.14. The summed E-state index contributed by atoms with van der Waals surface area (Å²) in [6.45, 7) is 0.683. The van der Waals surface area contributed by atoms with Gasteiger partial charge in [0.2, 0.25) is 5.91 Å². The Morgan fingerprint density at radius 2 is 2.07 bits per heavy atom. The van der Waals surface area contributed by atoms with Crippen molar-refractivity contribution in [1.82, 2.24) is 25.5 Å². The SMILES string of the molecule is NC(CCCCOB(O)O)c1nnnn1CC(=O)NCCc1ccc(Cl)cc1. The molecule has 12 heteroatoms. The molecule has 0 aliphatic carbocycles. The maximum Gasteiger partial charge on any atom is 0.633 e. The first kappa shape index (κ1) is 22.2. The predicted molar refractivity (Wildman–Crippen MR) is 103 cm³/mol. The molecule has 2 rings (SSSR count). The lowest BCUT2D eigenvalue weighted by molar-refractivity contribution is -0.121. The molecule has 0 spiro atoms. The molecule has 0 saturated carbocycles. The Kier molecular flexibility index (Phi) is 9.31. The van der Waals surface area contributed by atoms with Crippen LogP contribution in [0.2, 0.25) is 5.02 Å². The Bertz CT molecular complexity index is 730. The molecule has 2 aromatic rings. The molecule has 0 saturated heterocycles. The molecular formula is C16H24BClN6O4. The van der Waals surface area contributed by atoms with Crippen LogP contribution in [0, 0.1) is 0 Å². The minimum atomic E-state index is -1.76. The normalized spacial score (nSPS) is 12.0. The van der Waals surface area contributed by atoms with Crippen molar-refractivity contribution in [3.63, 3.8) is 0 Å². The van der Waals surface area contributed by atoms with E-state index in [4.69, 9.17) is 27.4 Å².